The van der Waals surface area contributed by atoms with Crippen LogP contribution in [0.4, 0.5) is 4.39 Å². The molecule has 1 N–H and O–H groups in total. The summed E-state index contributed by atoms with van der Waals surface area (Å²) in [7, 11) is 0. The van der Waals surface area contributed by atoms with Gasteiger partial charge in [-0.3, -0.25) is 4.79 Å². The smallest absolute Gasteiger partial charge is 0.252 e. The Bertz CT molecular complexity index is 606. The number of carbonyl (C=O) groups excluding carboxylic acids is 1. The van der Waals surface area contributed by atoms with Crippen LogP contribution in [0.3, 0.4) is 0 Å². The summed E-state index contributed by atoms with van der Waals surface area (Å²) in [5.74, 6) is 0.989. The monoisotopic (exact) mass is 323 g/mol. The van der Waals surface area contributed by atoms with Crippen LogP contribution in [0.1, 0.15) is 15.9 Å². The van der Waals surface area contributed by atoms with E-state index < -0.39 is 5.82 Å². The maximum atomic E-state index is 12.9. The zero-order valence-corrected chi connectivity index (χ0v) is 12.9. The first-order chi connectivity index (χ1) is 10.2. The van der Waals surface area contributed by atoms with Gasteiger partial charge in [-0.15, -0.1) is 0 Å². The molecule has 0 atom stereocenters. The van der Waals surface area contributed by atoms with Crippen LogP contribution in [0.25, 0.3) is 0 Å². The minimum atomic E-state index is -0.449. The van der Waals surface area contributed by atoms with Gasteiger partial charge in [0, 0.05) is 18.1 Å². The Morgan fingerprint density at radius 1 is 1.19 bits per heavy atom. The predicted octanol–water partition coefficient (Wildman–Crippen LogP) is 4.14. The summed E-state index contributed by atoms with van der Waals surface area (Å²) in [6.07, 6.45) is 0. The number of amides is 1. The number of halogens is 2. The molecular formula is C16H15ClFNOS. The molecule has 0 saturated carbocycles. The lowest BCUT2D eigenvalue weighted by atomic mass is 10.2. The van der Waals surface area contributed by atoms with Crippen molar-refractivity contribution in [2.45, 2.75) is 5.75 Å². The van der Waals surface area contributed by atoms with Gasteiger partial charge in [0.25, 0.3) is 5.91 Å². The fourth-order valence-corrected chi connectivity index (χ4v) is 2.84. The Morgan fingerprint density at radius 2 is 1.95 bits per heavy atom. The van der Waals surface area contributed by atoms with E-state index in [1.807, 2.05) is 18.2 Å². The highest BCUT2D eigenvalue weighted by Crippen LogP contribution is 2.17. The van der Waals surface area contributed by atoms with E-state index in [1.165, 1.54) is 17.7 Å². The second kappa shape index (κ2) is 8.05. The predicted molar refractivity (Wildman–Crippen MR) is 86.3 cm³/mol. The van der Waals surface area contributed by atoms with Crippen LogP contribution in [0, 0.1) is 5.82 Å². The fraction of sp³-hybridized carbons (Fsp3) is 0.188. The van der Waals surface area contributed by atoms with Gasteiger partial charge in [-0.25, -0.2) is 4.39 Å². The highest BCUT2D eigenvalue weighted by atomic mass is 35.5. The van der Waals surface area contributed by atoms with Gasteiger partial charge in [-0.1, -0.05) is 41.9 Å². The summed E-state index contributed by atoms with van der Waals surface area (Å²) in [6.45, 7) is 0.546. The second-order valence-corrected chi connectivity index (χ2v) is 5.93. The van der Waals surface area contributed by atoms with Crippen molar-refractivity contribution >= 4 is 29.3 Å². The third kappa shape index (κ3) is 5.06. The van der Waals surface area contributed by atoms with Gasteiger partial charge in [0.15, 0.2) is 0 Å². The van der Waals surface area contributed by atoms with Crippen LogP contribution in [-0.4, -0.2) is 18.2 Å². The van der Waals surface area contributed by atoms with E-state index in [0.29, 0.717) is 12.1 Å². The largest absolute Gasteiger partial charge is 0.351 e. The number of carbonyl (C=O) groups is 1. The molecule has 0 bridgehead atoms. The summed E-state index contributed by atoms with van der Waals surface area (Å²) in [5, 5.41) is 2.91. The average Bonchev–Trinajstić information content (AvgIpc) is 2.47. The number of thioether (sulfide) groups is 1. The third-order valence-corrected chi connectivity index (χ3v) is 4.16. The van der Waals surface area contributed by atoms with E-state index in [2.05, 4.69) is 17.4 Å². The third-order valence-electron chi connectivity index (χ3n) is 2.82. The highest BCUT2D eigenvalue weighted by molar-refractivity contribution is 7.98. The zero-order valence-electron chi connectivity index (χ0n) is 11.3. The highest BCUT2D eigenvalue weighted by Gasteiger charge is 2.10. The molecule has 0 heterocycles. The molecule has 2 nitrogen and oxygen atoms in total. The Kier molecular flexibility index (Phi) is 6.08. The van der Waals surface area contributed by atoms with Crippen molar-refractivity contribution in [3.63, 3.8) is 0 Å². The summed E-state index contributed by atoms with van der Waals surface area (Å²) < 4.78 is 12.9. The van der Waals surface area contributed by atoms with Crippen molar-refractivity contribution in [1.82, 2.24) is 5.32 Å². The number of hydrogen-bond donors (Lipinski definition) is 1. The molecule has 2 aromatic carbocycles. The molecule has 110 valence electrons. The van der Waals surface area contributed by atoms with Gasteiger partial charge in [0.05, 0.1) is 10.6 Å². The molecule has 2 rings (SSSR count). The number of hydrogen-bond acceptors (Lipinski definition) is 2. The Labute approximate surface area is 132 Å². The van der Waals surface area contributed by atoms with Crippen molar-refractivity contribution in [2.75, 3.05) is 12.3 Å². The molecule has 0 aliphatic carbocycles. The Hall–Kier alpha value is -1.52. The summed E-state index contributed by atoms with van der Waals surface area (Å²) in [4.78, 5) is 11.9. The topological polar surface area (TPSA) is 29.1 Å². The molecule has 2 aromatic rings. The summed E-state index contributed by atoms with van der Waals surface area (Å²) in [5.41, 5.74) is 1.56. The van der Waals surface area contributed by atoms with Gasteiger partial charge < -0.3 is 5.32 Å². The SMILES string of the molecule is O=C(NCCSCc1ccccc1)c1ccc(F)cc1Cl. The van der Waals surface area contributed by atoms with Crippen molar-refractivity contribution < 1.29 is 9.18 Å². The first kappa shape index (κ1) is 15.9. The van der Waals surface area contributed by atoms with Crippen LogP contribution >= 0.6 is 23.4 Å². The second-order valence-electron chi connectivity index (χ2n) is 4.42. The van der Waals surface area contributed by atoms with Crippen LogP contribution in [-0.2, 0) is 5.75 Å². The molecule has 0 fully saturated rings. The van der Waals surface area contributed by atoms with E-state index in [9.17, 15) is 9.18 Å². The molecule has 0 aromatic heterocycles. The van der Waals surface area contributed by atoms with E-state index in [-0.39, 0.29) is 10.9 Å². The minimum absolute atomic E-state index is 0.129. The van der Waals surface area contributed by atoms with Crippen LogP contribution in [0.5, 0.6) is 0 Å². The lowest BCUT2D eigenvalue weighted by Gasteiger charge is -2.07. The molecule has 0 spiro atoms. The van der Waals surface area contributed by atoms with Gasteiger partial charge in [0.2, 0.25) is 0 Å². The molecule has 0 unspecified atom stereocenters. The lowest BCUT2D eigenvalue weighted by Crippen LogP contribution is -2.26. The minimum Gasteiger partial charge on any atom is -0.351 e. The maximum absolute atomic E-state index is 12.9. The molecule has 21 heavy (non-hydrogen) atoms. The van der Waals surface area contributed by atoms with E-state index in [1.54, 1.807) is 11.8 Å². The zero-order chi connectivity index (χ0) is 15.1. The molecule has 5 heteroatoms. The fourth-order valence-electron chi connectivity index (χ4n) is 1.77. The lowest BCUT2D eigenvalue weighted by molar-refractivity contribution is 0.0956. The van der Waals surface area contributed by atoms with Crippen molar-refractivity contribution in [2.24, 2.45) is 0 Å². The summed E-state index contributed by atoms with van der Waals surface area (Å²) in [6, 6.07) is 13.9. The normalized spacial score (nSPS) is 10.4. The van der Waals surface area contributed by atoms with Gasteiger partial charge in [-0.05, 0) is 23.8 Å². The Morgan fingerprint density at radius 3 is 2.67 bits per heavy atom. The molecule has 0 radical (unpaired) electrons. The molecule has 0 aliphatic heterocycles. The standard InChI is InChI=1S/C16H15ClFNOS/c17-15-10-13(18)6-7-14(15)16(20)19-8-9-21-11-12-4-2-1-3-5-12/h1-7,10H,8-9,11H2,(H,19,20). The first-order valence-electron chi connectivity index (χ1n) is 6.52. The van der Waals surface area contributed by atoms with Gasteiger partial charge >= 0.3 is 0 Å². The van der Waals surface area contributed by atoms with Crippen LogP contribution < -0.4 is 5.32 Å². The number of nitrogens with one attached hydrogen (secondary N) is 1. The van der Waals surface area contributed by atoms with Crippen LogP contribution in [0.15, 0.2) is 48.5 Å². The first-order valence-corrected chi connectivity index (χ1v) is 8.05. The Balaban J connectivity index is 1.72. The average molecular weight is 324 g/mol. The molecule has 1 amide bonds. The molecule has 0 saturated heterocycles. The van der Waals surface area contributed by atoms with E-state index in [0.717, 1.165) is 17.6 Å². The van der Waals surface area contributed by atoms with Crippen molar-refractivity contribution in [3.8, 4) is 0 Å². The molecular weight excluding hydrogens is 309 g/mol. The van der Waals surface area contributed by atoms with E-state index in [4.69, 9.17) is 11.6 Å². The van der Waals surface area contributed by atoms with E-state index >= 15 is 0 Å². The molecule has 0 aliphatic rings. The van der Waals surface area contributed by atoms with Gasteiger partial charge in [-0.2, -0.15) is 11.8 Å². The van der Waals surface area contributed by atoms with Crippen LogP contribution in [0.2, 0.25) is 5.02 Å². The van der Waals surface area contributed by atoms with Crippen molar-refractivity contribution in [3.05, 3.63) is 70.5 Å². The van der Waals surface area contributed by atoms with Crippen molar-refractivity contribution in [1.29, 1.82) is 0 Å². The maximum Gasteiger partial charge on any atom is 0.252 e. The van der Waals surface area contributed by atoms with Gasteiger partial charge in [0.1, 0.15) is 5.82 Å². The summed E-state index contributed by atoms with van der Waals surface area (Å²) >= 11 is 7.58. The number of rotatable bonds is 6. The quantitative estimate of drug-likeness (QED) is 0.809. The number of benzene rings is 2.